The minimum atomic E-state index is -0.701. The van der Waals surface area contributed by atoms with Crippen LogP contribution in [-0.4, -0.2) is 35.0 Å². The quantitative estimate of drug-likeness (QED) is 0.416. The van der Waals surface area contributed by atoms with E-state index in [2.05, 4.69) is 4.98 Å². The molecule has 0 atom stereocenters. The molecule has 0 unspecified atom stereocenters. The molecule has 26 heavy (non-hydrogen) atoms. The van der Waals surface area contributed by atoms with E-state index in [1.165, 1.54) is 11.5 Å². The van der Waals surface area contributed by atoms with E-state index in [-0.39, 0.29) is 18.0 Å². The SMILES string of the molecule is CCOC(=O)c1nc2cccc3ccc4c(C(=O)OC)cc(=O)n1c4c32. The van der Waals surface area contributed by atoms with Crippen LogP contribution >= 0.6 is 0 Å². The third-order valence-electron chi connectivity index (χ3n) is 4.30. The number of carbonyl (C=O) groups excluding carboxylic acids is 2. The van der Waals surface area contributed by atoms with Gasteiger partial charge in [-0.1, -0.05) is 24.3 Å². The summed E-state index contributed by atoms with van der Waals surface area (Å²) in [4.78, 5) is 41.7. The number of ether oxygens (including phenoxy) is 2. The molecule has 2 aromatic carbocycles. The summed E-state index contributed by atoms with van der Waals surface area (Å²) in [6.07, 6.45) is 0. The molecule has 0 saturated carbocycles. The van der Waals surface area contributed by atoms with Crippen LogP contribution in [0.25, 0.3) is 27.2 Å². The van der Waals surface area contributed by atoms with Gasteiger partial charge < -0.3 is 9.47 Å². The van der Waals surface area contributed by atoms with Gasteiger partial charge in [-0.05, 0) is 18.4 Å². The third kappa shape index (κ3) is 2.13. The van der Waals surface area contributed by atoms with Gasteiger partial charge in [-0.25, -0.2) is 14.6 Å². The lowest BCUT2D eigenvalue weighted by Crippen LogP contribution is -2.25. The van der Waals surface area contributed by atoms with Gasteiger partial charge in [0.05, 0.1) is 30.3 Å². The average molecular weight is 350 g/mol. The summed E-state index contributed by atoms with van der Waals surface area (Å²) in [6.45, 7) is 1.83. The largest absolute Gasteiger partial charge is 0.465 e. The molecule has 4 aromatic rings. The highest BCUT2D eigenvalue weighted by Crippen LogP contribution is 2.31. The van der Waals surface area contributed by atoms with Crippen molar-refractivity contribution >= 4 is 39.1 Å². The molecule has 0 N–H and O–H groups in total. The Hall–Kier alpha value is -3.48. The zero-order valence-electron chi connectivity index (χ0n) is 14.1. The first-order valence-corrected chi connectivity index (χ1v) is 8.02. The lowest BCUT2D eigenvalue weighted by Gasteiger charge is -2.15. The highest BCUT2D eigenvalue weighted by molar-refractivity contribution is 6.18. The van der Waals surface area contributed by atoms with Crippen LogP contribution in [0.2, 0.25) is 0 Å². The molecule has 0 aliphatic heterocycles. The minimum Gasteiger partial charge on any atom is -0.465 e. The second kappa shape index (κ2) is 5.80. The van der Waals surface area contributed by atoms with Gasteiger partial charge in [0.1, 0.15) is 0 Å². The number of hydrogen-bond acceptors (Lipinski definition) is 6. The van der Waals surface area contributed by atoms with E-state index in [0.717, 1.165) is 11.5 Å². The molecule has 0 fully saturated rings. The van der Waals surface area contributed by atoms with Crippen molar-refractivity contribution in [2.75, 3.05) is 13.7 Å². The first kappa shape index (κ1) is 16.0. The van der Waals surface area contributed by atoms with Crippen molar-refractivity contribution in [3.05, 3.63) is 58.1 Å². The van der Waals surface area contributed by atoms with Crippen LogP contribution < -0.4 is 5.56 Å². The number of esters is 2. The smallest absolute Gasteiger partial charge is 0.375 e. The van der Waals surface area contributed by atoms with Crippen molar-refractivity contribution in [2.45, 2.75) is 6.92 Å². The summed E-state index contributed by atoms with van der Waals surface area (Å²) in [7, 11) is 1.25. The van der Waals surface area contributed by atoms with Gasteiger partial charge in [-0.15, -0.1) is 0 Å². The molecule has 0 aliphatic carbocycles. The van der Waals surface area contributed by atoms with Crippen LogP contribution in [0, 0.1) is 0 Å². The van der Waals surface area contributed by atoms with E-state index in [0.29, 0.717) is 21.8 Å². The molecule has 0 saturated heterocycles. The van der Waals surface area contributed by atoms with Gasteiger partial charge in [0.15, 0.2) is 0 Å². The van der Waals surface area contributed by atoms with Crippen molar-refractivity contribution in [3.63, 3.8) is 0 Å². The summed E-state index contributed by atoms with van der Waals surface area (Å²) < 4.78 is 11.1. The minimum absolute atomic E-state index is 0.121. The fourth-order valence-corrected chi connectivity index (χ4v) is 3.25. The maximum atomic E-state index is 12.8. The molecule has 0 aliphatic rings. The van der Waals surface area contributed by atoms with Crippen LogP contribution in [0.4, 0.5) is 0 Å². The van der Waals surface area contributed by atoms with E-state index in [9.17, 15) is 14.4 Å². The fourth-order valence-electron chi connectivity index (χ4n) is 3.25. The molecule has 0 radical (unpaired) electrons. The molecular weight excluding hydrogens is 336 g/mol. The molecule has 7 nitrogen and oxygen atoms in total. The van der Waals surface area contributed by atoms with Crippen LogP contribution in [0.15, 0.2) is 41.2 Å². The van der Waals surface area contributed by atoms with E-state index in [4.69, 9.17) is 9.47 Å². The van der Waals surface area contributed by atoms with E-state index >= 15 is 0 Å². The second-order valence-electron chi connectivity index (χ2n) is 5.72. The summed E-state index contributed by atoms with van der Waals surface area (Å²) >= 11 is 0. The van der Waals surface area contributed by atoms with E-state index in [1.54, 1.807) is 19.1 Å². The van der Waals surface area contributed by atoms with Gasteiger partial charge in [-0.3, -0.25) is 9.20 Å². The molecular formula is C19H14N2O5. The first-order valence-electron chi connectivity index (χ1n) is 8.02. The van der Waals surface area contributed by atoms with Gasteiger partial charge in [0, 0.05) is 16.8 Å². The highest BCUT2D eigenvalue weighted by atomic mass is 16.5. The third-order valence-corrected chi connectivity index (χ3v) is 4.30. The Kier molecular flexibility index (Phi) is 3.57. The highest BCUT2D eigenvalue weighted by Gasteiger charge is 2.23. The Morgan fingerprint density at radius 1 is 1.15 bits per heavy atom. The van der Waals surface area contributed by atoms with Crippen molar-refractivity contribution < 1.29 is 19.1 Å². The molecule has 7 heteroatoms. The van der Waals surface area contributed by atoms with E-state index < -0.39 is 17.5 Å². The molecule has 130 valence electrons. The summed E-state index contributed by atoms with van der Waals surface area (Å²) in [5, 5.41) is 2.05. The Morgan fingerprint density at radius 3 is 2.69 bits per heavy atom. The van der Waals surface area contributed by atoms with Crippen molar-refractivity contribution in [1.29, 1.82) is 0 Å². The number of nitrogens with zero attached hydrogens (tertiary/aromatic N) is 2. The van der Waals surface area contributed by atoms with Gasteiger partial charge in [0.2, 0.25) is 5.82 Å². The van der Waals surface area contributed by atoms with Crippen molar-refractivity contribution in [3.8, 4) is 0 Å². The zero-order valence-corrected chi connectivity index (χ0v) is 14.1. The van der Waals surface area contributed by atoms with Crippen LogP contribution in [0.5, 0.6) is 0 Å². The lowest BCUT2D eigenvalue weighted by molar-refractivity contribution is 0.0509. The van der Waals surface area contributed by atoms with Gasteiger partial charge in [0.25, 0.3) is 5.56 Å². The zero-order chi connectivity index (χ0) is 18.4. The molecule has 0 spiro atoms. The maximum absolute atomic E-state index is 12.8. The molecule has 0 amide bonds. The fraction of sp³-hybridized carbons (Fsp3) is 0.158. The Labute approximate surface area is 147 Å². The maximum Gasteiger partial charge on any atom is 0.375 e. The normalized spacial score (nSPS) is 11.3. The first-order chi connectivity index (χ1) is 12.6. The van der Waals surface area contributed by atoms with Gasteiger partial charge >= 0.3 is 11.9 Å². The lowest BCUT2D eigenvalue weighted by atomic mass is 10.0. The van der Waals surface area contributed by atoms with Crippen LogP contribution in [-0.2, 0) is 9.47 Å². The van der Waals surface area contributed by atoms with E-state index in [1.807, 2.05) is 18.2 Å². The van der Waals surface area contributed by atoms with Crippen LogP contribution in [0.1, 0.15) is 27.9 Å². The molecule has 2 heterocycles. The Bertz CT molecular complexity index is 1240. The number of hydrogen-bond donors (Lipinski definition) is 0. The Balaban J connectivity index is 2.28. The molecule has 0 bridgehead atoms. The number of pyridine rings is 1. The Morgan fingerprint density at radius 2 is 1.96 bits per heavy atom. The topological polar surface area (TPSA) is 87.0 Å². The standard InChI is InChI=1S/C19H14N2O5/c1-3-26-19(24)17-20-13-6-4-5-10-7-8-11-12(18(23)25-2)9-14(22)21(17)16(11)15(10)13/h4-9H,3H2,1-2H3. The molecule has 2 aromatic heterocycles. The number of benzene rings is 2. The number of aromatic nitrogens is 2. The van der Waals surface area contributed by atoms with Crippen molar-refractivity contribution in [1.82, 2.24) is 9.38 Å². The van der Waals surface area contributed by atoms with Crippen LogP contribution in [0.3, 0.4) is 0 Å². The molecule has 4 rings (SSSR count). The number of carbonyl (C=O) groups is 2. The monoisotopic (exact) mass is 350 g/mol. The number of rotatable bonds is 3. The summed E-state index contributed by atoms with van der Waals surface area (Å²) in [5.41, 5.74) is 0.582. The van der Waals surface area contributed by atoms with Crippen molar-refractivity contribution in [2.24, 2.45) is 0 Å². The predicted octanol–water partition coefficient (Wildman–Crippen LogP) is 2.40. The second-order valence-corrected chi connectivity index (χ2v) is 5.72. The average Bonchev–Trinajstić information content (AvgIpc) is 2.66. The summed E-state index contributed by atoms with van der Waals surface area (Å²) in [6, 6.07) is 10.2. The summed E-state index contributed by atoms with van der Waals surface area (Å²) in [5.74, 6) is -1.44. The number of methoxy groups -OCH3 is 1. The predicted molar refractivity (Wildman–Crippen MR) is 95.0 cm³/mol. The van der Waals surface area contributed by atoms with Gasteiger partial charge in [-0.2, -0.15) is 0 Å².